The number of thiazole rings is 1. The first kappa shape index (κ1) is 26.4. The van der Waals surface area contributed by atoms with Gasteiger partial charge in [-0.2, -0.15) is 0 Å². The highest BCUT2D eigenvalue weighted by Crippen LogP contribution is 2.31. The summed E-state index contributed by atoms with van der Waals surface area (Å²) in [5.74, 6) is -1.62. The maximum atomic E-state index is 13.1. The molecule has 178 valence electrons. The molecule has 0 saturated carbocycles. The van der Waals surface area contributed by atoms with Gasteiger partial charge in [-0.15, -0.1) is 11.3 Å². The van der Waals surface area contributed by atoms with Gasteiger partial charge in [-0.25, -0.2) is 4.98 Å². The molecule has 2 heterocycles. The molecular weight excluding hydrogens is 428 g/mol. The predicted octanol–water partition coefficient (Wildman–Crippen LogP) is 3.05. The highest BCUT2D eigenvalue weighted by Gasteiger charge is 2.42. The Morgan fingerprint density at radius 1 is 1.28 bits per heavy atom. The number of Topliss-reactive ketones (excluding diaryl/α,β-unsaturated/α-hetero) is 1. The molecule has 0 aliphatic carbocycles. The van der Waals surface area contributed by atoms with Crippen molar-refractivity contribution >= 4 is 28.7 Å². The Labute approximate surface area is 194 Å². The number of aryl methyl sites for hydroxylation is 1. The van der Waals surface area contributed by atoms with Gasteiger partial charge in [0.2, 0.25) is 0 Å². The number of nitrogens with zero attached hydrogens (tertiary/aromatic N) is 1. The largest absolute Gasteiger partial charge is 0.457 e. The number of ether oxygens (including phenoxy) is 1. The summed E-state index contributed by atoms with van der Waals surface area (Å²) in [5.41, 5.74) is 0.0542. The minimum Gasteiger partial charge on any atom is -0.457 e. The van der Waals surface area contributed by atoms with E-state index in [4.69, 9.17) is 4.74 Å². The molecule has 8 heteroatoms. The highest BCUT2D eigenvalue weighted by molar-refractivity contribution is 7.09. The van der Waals surface area contributed by atoms with Crippen molar-refractivity contribution in [2.45, 2.75) is 78.2 Å². The molecule has 7 nitrogen and oxygen atoms in total. The first-order valence-electron chi connectivity index (χ1n) is 11.0. The number of aliphatic hydroxyl groups excluding tert-OH is 2. The van der Waals surface area contributed by atoms with Crippen LogP contribution in [0.2, 0.25) is 0 Å². The number of aliphatic hydroxyl groups is 2. The lowest BCUT2D eigenvalue weighted by Gasteiger charge is -2.34. The number of aromatic nitrogens is 1. The predicted molar refractivity (Wildman–Crippen MR) is 126 cm³/mol. The van der Waals surface area contributed by atoms with E-state index in [2.05, 4.69) is 16.9 Å². The van der Waals surface area contributed by atoms with Crippen LogP contribution in [0.25, 0.3) is 5.57 Å². The number of cyclic esters (lactones) is 1. The van der Waals surface area contributed by atoms with E-state index in [-0.39, 0.29) is 18.2 Å². The van der Waals surface area contributed by atoms with Crippen molar-refractivity contribution in [2.75, 3.05) is 6.54 Å². The van der Waals surface area contributed by atoms with Crippen molar-refractivity contribution in [1.82, 2.24) is 10.3 Å². The van der Waals surface area contributed by atoms with Gasteiger partial charge in [-0.3, -0.25) is 9.59 Å². The minimum absolute atomic E-state index is 0.298. The second kappa shape index (κ2) is 11.3. The maximum absolute atomic E-state index is 13.1. The summed E-state index contributed by atoms with van der Waals surface area (Å²) < 4.78 is 5.68. The van der Waals surface area contributed by atoms with Gasteiger partial charge in [0, 0.05) is 29.3 Å². The smallest absolute Gasteiger partial charge is 0.309 e. The fourth-order valence-corrected chi connectivity index (χ4v) is 4.39. The van der Waals surface area contributed by atoms with Crippen LogP contribution >= 0.6 is 11.3 Å². The molecule has 32 heavy (non-hydrogen) atoms. The lowest BCUT2D eigenvalue weighted by atomic mass is 9.74. The second-order valence-corrected chi connectivity index (χ2v) is 10.1. The standard InChI is InChI=1S/C24H36N2O5S/c1-14(18-13-32-17(4)26-18)19-10-8-7-9-11-25-16(3)22(29)15(2)23(30)24(5,6)20(27)12-21(28)31-19/h7-8,13,15-16,19-20,22,25,27,29H,1,9-12H2,2-6H3/t15-,16+,19?,20-,22+/m0/s1. The third-order valence-electron chi connectivity index (χ3n) is 6.17. The summed E-state index contributed by atoms with van der Waals surface area (Å²) in [4.78, 5) is 30.2. The molecule has 0 radical (unpaired) electrons. The van der Waals surface area contributed by atoms with Crippen molar-refractivity contribution in [3.05, 3.63) is 34.8 Å². The van der Waals surface area contributed by atoms with E-state index < -0.39 is 35.6 Å². The number of ketones is 1. The monoisotopic (exact) mass is 464 g/mol. The summed E-state index contributed by atoms with van der Waals surface area (Å²) in [6.45, 7) is 13.3. The summed E-state index contributed by atoms with van der Waals surface area (Å²) in [6, 6.07) is -0.298. The van der Waals surface area contributed by atoms with Crippen molar-refractivity contribution in [3.8, 4) is 0 Å². The molecule has 5 atom stereocenters. The Morgan fingerprint density at radius 2 is 1.97 bits per heavy atom. The lowest BCUT2D eigenvalue weighted by Crippen LogP contribution is -2.49. The van der Waals surface area contributed by atoms with Crippen LogP contribution in [-0.4, -0.2) is 57.8 Å². The molecule has 2 rings (SSSR count). The Hall–Kier alpha value is -1.87. The molecule has 0 spiro atoms. The molecule has 0 fully saturated rings. The molecule has 1 aliphatic heterocycles. The van der Waals surface area contributed by atoms with Crippen LogP contribution in [0.4, 0.5) is 0 Å². The van der Waals surface area contributed by atoms with E-state index in [0.29, 0.717) is 30.7 Å². The third kappa shape index (κ3) is 6.57. The number of nitrogens with one attached hydrogen (secondary N) is 1. The average molecular weight is 465 g/mol. The number of hydrogen-bond acceptors (Lipinski definition) is 8. The average Bonchev–Trinajstić information content (AvgIpc) is 3.18. The van der Waals surface area contributed by atoms with Gasteiger partial charge in [-0.05, 0) is 26.8 Å². The molecule has 1 unspecified atom stereocenters. The van der Waals surface area contributed by atoms with Gasteiger partial charge >= 0.3 is 5.97 Å². The molecule has 1 aliphatic rings. The van der Waals surface area contributed by atoms with Crippen molar-refractivity contribution < 1.29 is 24.5 Å². The van der Waals surface area contributed by atoms with E-state index in [0.717, 1.165) is 5.01 Å². The topological polar surface area (TPSA) is 109 Å². The number of esters is 1. The SMILES string of the molecule is C=C(c1csc(C)n1)C1CC=CCCN[C@H](C)[C@H](O)[C@H](C)C(=O)C(C)(C)[C@@H](O)CC(=O)O1. The van der Waals surface area contributed by atoms with Crippen LogP contribution in [0.15, 0.2) is 24.1 Å². The Balaban J connectivity index is 2.27. The Bertz CT molecular complexity index is 847. The first-order chi connectivity index (χ1) is 14.9. The van der Waals surface area contributed by atoms with Gasteiger partial charge in [-0.1, -0.05) is 39.5 Å². The normalized spacial score (nSPS) is 30.7. The lowest BCUT2D eigenvalue weighted by molar-refractivity contribution is -0.153. The van der Waals surface area contributed by atoms with E-state index in [9.17, 15) is 19.8 Å². The molecular formula is C24H36N2O5S. The molecule has 0 saturated heterocycles. The Kier molecular flexibility index (Phi) is 9.33. The number of hydrogen-bond donors (Lipinski definition) is 3. The van der Waals surface area contributed by atoms with Gasteiger partial charge in [0.25, 0.3) is 0 Å². The van der Waals surface area contributed by atoms with E-state index in [1.165, 1.54) is 11.3 Å². The molecule has 3 N–H and O–H groups in total. The quantitative estimate of drug-likeness (QED) is 0.456. The first-order valence-corrected chi connectivity index (χ1v) is 11.9. The van der Waals surface area contributed by atoms with Crippen LogP contribution in [0.5, 0.6) is 0 Å². The fraction of sp³-hybridized carbons (Fsp3) is 0.625. The van der Waals surface area contributed by atoms with E-state index >= 15 is 0 Å². The molecule has 1 aromatic rings. The van der Waals surface area contributed by atoms with Crippen LogP contribution in [-0.2, 0) is 14.3 Å². The number of carbonyl (C=O) groups excluding carboxylic acids is 2. The van der Waals surface area contributed by atoms with Gasteiger partial charge in [0.1, 0.15) is 11.9 Å². The minimum atomic E-state index is -1.25. The van der Waals surface area contributed by atoms with Crippen LogP contribution in [0, 0.1) is 18.3 Å². The second-order valence-electron chi connectivity index (χ2n) is 9.08. The highest BCUT2D eigenvalue weighted by atomic mass is 32.1. The zero-order valence-electron chi connectivity index (χ0n) is 19.6. The summed E-state index contributed by atoms with van der Waals surface area (Å²) in [6.07, 6.45) is 1.94. The number of rotatable bonds is 2. The van der Waals surface area contributed by atoms with Crippen molar-refractivity contribution in [1.29, 1.82) is 0 Å². The van der Waals surface area contributed by atoms with Crippen molar-refractivity contribution in [3.63, 3.8) is 0 Å². The van der Waals surface area contributed by atoms with Gasteiger partial charge < -0.3 is 20.3 Å². The summed E-state index contributed by atoms with van der Waals surface area (Å²) in [7, 11) is 0. The van der Waals surface area contributed by atoms with Crippen LogP contribution in [0.3, 0.4) is 0 Å². The van der Waals surface area contributed by atoms with Gasteiger partial charge in [0.05, 0.1) is 34.7 Å². The summed E-state index contributed by atoms with van der Waals surface area (Å²) in [5, 5.41) is 27.4. The van der Waals surface area contributed by atoms with Crippen molar-refractivity contribution in [2.24, 2.45) is 11.3 Å². The molecule has 0 amide bonds. The molecule has 0 aromatic carbocycles. The van der Waals surface area contributed by atoms with E-state index in [1.54, 1.807) is 20.8 Å². The Morgan fingerprint density at radius 3 is 2.59 bits per heavy atom. The molecule has 0 bridgehead atoms. The zero-order chi connectivity index (χ0) is 24.1. The fourth-order valence-electron chi connectivity index (χ4n) is 3.75. The van der Waals surface area contributed by atoms with Crippen LogP contribution < -0.4 is 5.32 Å². The maximum Gasteiger partial charge on any atom is 0.309 e. The van der Waals surface area contributed by atoms with E-state index in [1.807, 2.05) is 31.4 Å². The third-order valence-corrected chi connectivity index (χ3v) is 6.94. The number of carbonyl (C=O) groups is 2. The van der Waals surface area contributed by atoms with Gasteiger partial charge in [0.15, 0.2) is 0 Å². The van der Waals surface area contributed by atoms with Crippen LogP contribution in [0.1, 0.15) is 57.7 Å². The summed E-state index contributed by atoms with van der Waals surface area (Å²) >= 11 is 1.49. The zero-order valence-corrected chi connectivity index (χ0v) is 20.4. The molecule has 1 aromatic heterocycles.